The molecular weight excluding hydrogens is 234 g/mol. The molecule has 0 radical (unpaired) electrons. The first-order valence-electron chi connectivity index (χ1n) is 5.43. The molecule has 94 valence electrons. The van der Waals surface area contributed by atoms with E-state index in [0.29, 0.717) is 35.9 Å². The first kappa shape index (κ1) is 12.0. The lowest BCUT2D eigenvalue weighted by molar-refractivity contribution is 0.0954. The van der Waals surface area contributed by atoms with E-state index < -0.39 is 0 Å². The largest absolute Gasteiger partial charge is 0.397 e. The van der Waals surface area contributed by atoms with Gasteiger partial charge < -0.3 is 15.6 Å². The number of aromatic nitrogens is 3. The monoisotopic (exact) mass is 247 g/mol. The molecule has 2 aromatic rings. The number of rotatable bonds is 4. The van der Waals surface area contributed by atoms with Crippen LogP contribution in [0.2, 0.25) is 0 Å². The van der Waals surface area contributed by atoms with Gasteiger partial charge in [-0.25, -0.2) is 0 Å². The van der Waals surface area contributed by atoms with Crippen LogP contribution in [0.25, 0.3) is 0 Å². The summed E-state index contributed by atoms with van der Waals surface area (Å²) in [6.45, 7) is 2.13. The Bertz CT molecular complexity index is 552. The Morgan fingerprint density at radius 1 is 1.56 bits per heavy atom. The zero-order valence-corrected chi connectivity index (χ0v) is 9.88. The van der Waals surface area contributed by atoms with Crippen LogP contribution in [0.5, 0.6) is 0 Å². The second kappa shape index (κ2) is 5.26. The van der Waals surface area contributed by atoms with Gasteiger partial charge in [0.25, 0.3) is 5.91 Å². The van der Waals surface area contributed by atoms with Gasteiger partial charge in [-0.3, -0.25) is 9.78 Å². The minimum atomic E-state index is -0.241. The molecule has 7 heteroatoms. The highest BCUT2D eigenvalue weighted by atomic mass is 16.5. The number of amides is 1. The van der Waals surface area contributed by atoms with Crippen LogP contribution in [0.4, 0.5) is 5.69 Å². The molecule has 2 rings (SSSR count). The van der Waals surface area contributed by atoms with Gasteiger partial charge in [0.1, 0.15) is 0 Å². The number of pyridine rings is 1. The Kier molecular flexibility index (Phi) is 3.52. The molecule has 0 aliphatic heterocycles. The summed E-state index contributed by atoms with van der Waals surface area (Å²) in [6, 6.07) is 1.57. The number of hydrogen-bond acceptors (Lipinski definition) is 6. The summed E-state index contributed by atoms with van der Waals surface area (Å²) in [5, 5.41) is 6.46. The van der Waals surface area contributed by atoms with Gasteiger partial charge in [-0.2, -0.15) is 4.98 Å². The van der Waals surface area contributed by atoms with Crippen LogP contribution >= 0.6 is 0 Å². The third-order valence-electron chi connectivity index (χ3n) is 2.30. The molecule has 0 atom stereocenters. The van der Waals surface area contributed by atoms with E-state index in [1.807, 2.05) is 0 Å². The summed E-state index contributed by atoms with van der Waals surface area (Å²) in [7, 11) is 0. The molecule has 3 N–H and O–H groups in total. The molecule has 7 nitrogen and oxygen atoms in total. The van der Waals surface area contributed by atoms with Crippen molar-refractivity contribution in [3.8, 4) is 0 Å². The number of anilines is 1. The molecule has 2 aromatic heterocycles. The highest BCUT2D eigenvalue weighted by Crippen LogP contribution is 2.07. The van der Waals surface area contributed by atoms with E-state index in [1.165, 1.54) is 12.4 Å². The van der Waals surface area contributed by atoms with Gasteiger partial charge in [0.2, 0.25) is 5.89 Å². The van der Waals surface area contributed by atoms with Crippen LogP contribution < -0.4 is 11.1 Å². The fourth-order valence-corrected chi connectivity index (χ4v) is 1.44. The van der Waals surface area contributed by atoms with Crippen molar-refractivity contribution in [2.75, 3.05) is 12.3 Å². The zero-order chi connectivity index (χ0) is 13.0. The lowest BCUT2D eigenvalue weighted by atomic mass is 10.2. The quantitative estimate of drug-likeness (QED) is 0.806. The van der Waals surface area contributed by atoms with Crippen molar-refractivity contribution in [3.05, 3.63) is 35.7 Å². The van der Waals surface area contributed by atoms with Crippen LogP contribution in [-0.2, 0) is 6.42 Å². The van der Waals surface area contributed by atoms with E-state index in [1.54, 1.807) is 13.0 Å². The maximum Gasteiger partial charge on any atom is 0.253 e. The van der Waals surface area contributed by atoms with E-state index in [-0.39, 0.29) is 5.91 Å². The van der Waals surface area contributed by atoms with Gasteiger partial charge >= 0.3 is 0 Å². The second-order valence-corrected chi connectivity index (χ2v) is 3.70. The molecule has 1 amide bonds. The maximum absolute atomic E-state index is 11.8. The van der Waals surface area contributed by atoms with Gasteiger partial charge in [0, 0.05) is 26.1 Å². The highest BCUT2D eigenvalue weighted by Gasteiger charge is 2.09. The van der Waals surface area contributed by atoms with Gasteiger partial charge in [-0.15, -0.1) is 0 Å². The second-order valence-electron chi connectivity index (χ2n) is 3.70. The van der Waals surface area contributed by atoms with E-state index in [2.05, 4.69) is 20.4 Å². The molecule has 0 bridgehead atoms. The third-order valence-corrected chi connectivity index (χ3v) is 2.30. The summed E-state index contributed by atoms with van der Waals surface area (Å²) in [5.41, 5.74) is 6.41. The van der Waals surface area contributed by atoms with Crippen molar-refractivity contribution >= 4 is 11.6 Å². The van der Waals surface area contributed by atoms with Gasteiger partial charge in [-0.05, 0) is 6.07 Å². The van der Waals surface area contributed by atoms with Crippen LogP contribution in [0.3, 0.4) is 0 Å². The minimum absolute atomic E-state index is 0.241. The number of nitrogens with zero attached hydrogens (tertiary/aromatic N) is 3. The SMILES string of the molecule is Cc1nc(CCNC(=O)c2ccncc2N)no1. The molecule has 0 unspecified atom stereocenters. The first-order valence-corrected chi connectivity index (χ1v) is 5.43. The number of nitrogens with two attached hydrogens (primary N) is 1. The van der Waals surface area contributed by atoms with Gasteiger partial charge in [0.05, 0.1) is 17.4 Å². The lowest BCUT2D eigenvalue weighted by Crippen LogP contribution is -2.26. The van der Waals surface area contributed by atoms with Gasteiger partial charge in [-0.1, -0.05) is 5.16 Å². The molecule has 0 spiro atoms. The van der Waals surface area contributed by atoms with Crippen molar-refractivity contribution in [1.29, 1.82) is 0 Å². The van der Waals surface area contributed by atoms with Crippen molar-refractivity contribution < 1.29 is 9.32 Å². The number of carbonyl (C=O) groups excluding carboxylic acids is 1. The Morgan fingerprint density at radius 3 is 3.06 bits per heavy atom. The molecule has 0 aliphatic rings. The van der Waals surface area contributed by atoms with Crippen molar-refractivity contribution in [2.45, 2.75) is 13.3 Å². The maximum atomic E-state index is 11.8. The average molecular weight is 247 g/mol. The summed E-state index contributed by atoms with van der Waals surface area (Å²) < 4.78 is 4.82. The topological polar surface area (TPSA) is 107 Å². The molecule has 18 heavy (non-hydrogen) atoms. The normalized spacial score (nSPS) is 10.3. The predicted molar refractivity (Wildman–Crippen MR) is 63.7 cm³/mol. The average Bonchev–Trinajstić information content (AvgIpc) is 2.75. The number of nitrogens with one attached hydrogen (secondary N) is 1. The highest BCUT2D eigenvalue weighted by molar-refractivity contribution is 5.98. The number of aryl methyl sites for hydroxylation is 1. The fourth-order valence-electron chi connectivity index (χ4n) is 1.44. The van der Waals surface area contributed by atoms with E-state index in [4.69, 9.17) is 10.3 Å². The standard InChI is InChI=1S/C11H13N5O2/c1-7-15-10(16-18-7)3-5-14-11(17)8-2-4-13-6-9(8)12/h2,4,6H,3,5,12H2,1H3,(H,14,17). The third kappa shape index (κ3) is 2.82. The summed E-state index contributed by atoms with van der Waals surface area (Å²) >= 11 is 0. The summed E-state index contributed by atoms with van der Waals surface area (Å²) in [5.74, 6) is 0.834. The minimum Gasteiger partial charge on any atom is -0.397 e. The molecular formula is C11H13N5O2. The van der Waals surface area contributed by atoms with E-state index >= 15 is 0 Å². The van der Waals surface area contributed by atoms with Crippen molar-refractivity contribution in [2.24, 2.45) is 0 Å². The molecule has 2 heterocycles. The van der Waals surface area contributed by atoms with Crippen molar-refractivity contribution in [1.82, 2.24) is 20.4 Å². The van der Waals surface area contributed by atoms with Gasteiger partial charge in [0.15, 0.2) is 5.82 Å². The number of nitrogen functional groups attached to an aromatic ring is 1. The molecule has 0 aliphatic carbocycles. The van der Waals surface area contributed by atoms with Crippen LogP contribution in [0.1, 0.15) is 22.1 Å². The Balaban J connectivity index is 1.87. The Morgan fingerprint density at radius 2 is 2.39 bits per heavy atom. The smallest absolute Gasteiger partial charge is 0.253 e. The fraction of sp³-hybridized carbons (Fsp3) is 0.273. The summed E-state index contributed by atoms with van der Waals surface area (Å²) in [6.07, 6.45) is 3.47. The molecule has 0 saturated carbocycles. The molecule has 0 aromatic carbocycles. The number of hydrogen-bond donors (Lipinski definition) is 2. The zero-order valence-electron chi connectivity index (χ0n) is 9.88. The first-order chi connectivity index (χ1) is 8.66. The van der Waals surface area contributed by atoms with Crippen LogP contribution in [0, 0.1) is 6.92 Å². The lowest BCUT2D eigenvalue weighted by Gasteiger charge is -2.05. The van der Waals surface area contributed by atoms with Crippen LogP contribution in [-0.4, -0.2) is 27.6 Å². The van der Waals surface area contributed by atoms with Crippen LogP contribution in [0.15, 0.2) is 23.0 Å². The predicted octanol–water partition coefficient (Wildman–Crippen LogP) is 0.328. The summed E-state index contributed by atoms with van der Waals surface area (Å²) in [4.78, 5) is 19.6. The van der Waals surface area contributed by atoms with E-state index in [0.717, 1.165) is 0 Å². The molecule has 0 fully saturated rings. The van der Waals surface area contributed by atoms with E-state index in [9.17, 15) is 4.79 Å². The van der Waals surface area contributed by atoms with Crippen molar-refractivity contribution in [3.63, 3.8) is 0 Å². The molecule has 0 saturated heterocycles. The Labute approximate surface area is 103 Å². The Hall–Kier alpha value is -2.44. The number of carbonyl (C=O) groups is 1.